The molecule has 5 nitrogen and oxygen atoms in total. The average molecular weight is 255 g/mol. The normalized spacial score (nSPS) is 14.6. The third-order valence-electron chi connectivity index (χ3n) is 2.38. The molecular formula is C11H11ClN2O3. The second-order valence-corrected chi connectivity index (χ2v) is 4.19. The number of imide groups is 1. The van der Waals surface area contributed by atoms with E-state index in [0.29, 0.717) is 17.7 Å². The van der Waals surface area contributed by atoms with Gasteiger partial charge in [0.15, 0.2) is 0 Å². The van der Waals surface area contributed by atoms with Gasteiger partial charge in [0.25, 0.3) is 11.8 Å². The molecule has 2 rings (SSSR count). The molecule has 6 heteroatoms. The van der Waals surface area contributed by atoms with Crippen molar-refractivity contribution in [1.82, 2.24) is 9.48 Å². The summed E-state index contributed by atoms with van der Waals surface area (Å²) >= 11 is 5.59. The molecule has 0 atom stereocenters. The lowest BCUT2D eigenvalue weighted by molar-refractivity contribution is -0.0920. The van der Waals surface area contributed by atoms with Gasteiger partial charge >= 0.3 is 0 Å². The maximum atomic E-state index is 11.8. The Hall–Kier alpha value is -1.43. The number of hydroxylamine groups is 2. The lowest BCUT2D eigenvalue weighted by atomic mass is 10.1. The zero-order chi connectivity index (χ0) is 12.4. The number of nitrogens with zero attached hydrogens (tertiary/aromatic N) is 2. The van der Waals surface area contributed by atoms with Crippen LogP contribution < -0.4 is 0 Å². The van der Waals surface area contributed by atoms with Crippen molar-refractivity contribution >= 4 is 23.6 Å². The molecule has 2 amide bonds. The van der Waals surface area contributed by atoms with Gasteiger partial charge in [-0.3, -0.25) is 14.4 Å². The van der Waals surface area contributed by atoms with Crippen LogP contribution in [-0.4, -0.2) is 41.5 Å². The Kier molecular flexibility index (Phi) is 3.42. The first-order chi connectivity index (χ1) is 8.11. The Morgan fingerprint density at radius 1 is 1.24 bits per heavy atom. The number of fused-ring (bicyclic) bond motifs is 1. The second-order valence-electron chi connectivity index (χ2n) is 3.61. The highest BCUT2D eigenvalue weighted by Gasteiger charge is 2.36. The van der Waals surface area contributed by atoms with Gasteiger partial charge in [-0.15, -0.1) is 5.06 Å². The standard InChI is InChI=1S/C11H11ClN2O3/c1-13(12)6-7-17-14-10(15)8-4-2-3-5-9(8)11(14)16/h2-5H,6-7H2,1H3. The number of carbonyl (C=O) groups is 2. The molecule has 0 bridgehead atoms. The summed E-state index contributed by atoms with van der Waals surface area (Å²) in [6, 6.07) is 6.62. The molecule has 1 heterocycles. The summed E-state index contributed by atoms with van der Waals surface area (Å²) in [5.41, 5.74) is 0.744. The summed E-state index contributed by atoms with van der Waals surface area (Å²) in [7, 11) is 1.66. The molecular weight excluding hydrogens is 244 g/mol. The van der Waals surface area contributed by atoms with Gasteiger partial charge in [0, 0.05) is 13.6 Å². The molecule has 0 spiro atoms. The zero-order valence-corrected chi connectivity index (χ0v) is 9.98. The van der Waals surface area contributed by atoms with Gasteiger partial charge in [0.1, 0.15) is 0 Å². The van der Waals surface area contributed by atoms with E-state index >= 15 is 0 Å². The molecule has 0 fully saturated rings. The average Bonchev–Trinajstić information content (AvgIpc) is 2.54. The van der Waals surface area contributed by atoms with Crippen molar-refractivity contribution in [2.75, 3.05) is 20.2 Å². The Balaban J connectivity index is 2.08. The Morgan fingerprint density at radius 3 is 2.24 bits per heavy atom. The Bertz CT molecular complexity index is 427. The first kappa shape index (κ1) is 12.0. The molecule has 1 aliphatic rings. The molecule has 0 aromatic heterocycles. The quantitative estimate of drug-likeness (QED) is 0.600. The van der Waals surface area contributed by atoms with Crippen LogP contribution >= 0.6 is 11.8 Å². The van der Waals surface area contributed by atoms with Gasteiger partial charge < -0.3 is 0 Å². The maximum Gasteiger partial charge on any atom is 0.285 e. The molecule has 0 radical (unpaired) electrons. The van der Waals surface area contributed by atoms with E-state index in [1.54, 1.807) is 31.3 Å². The minimum absolute atomic E-state index is 0.172. The third kappa shape index (κ3) is 2.31. The molecule has 0 N–H and O–H groups in total. The van der Waals surface area contributed by atoms with Gasteiger partial charge in [-0.2, -0.15) is 0 Å². The van der Waals surface area contributed by atoms with Crippen LogP contribution in [0.2, 0.25) is 0 Å². The van der Waals surface area contributed by atoms with Crippen LogP contribution in [0.3, 0.4) is 0 Å². The van der Waals surface area contributed by atoms with E-state index in [0.717, 1.165) is 5.06 Å². The van der Waals surface area contributed by atoms with Crippen molar-refractivity contribution in [3.8, 4) is 0 Å². The number of rotatable bonds is 4. The smallest absolute Gasteiger partial charge is 0.266 e. The van der Waals surface area contributed by atoms with Gasteiger partial charge in [0.05, 0.1) is 17.7 Å². The summed E-state index contributed by atoms with van der Waals surface area (Å²) in [4.78, 5) is 28.8. The predicted octanol–water partition coefficient (Wildman–Crippen LogP) is 1.30. The largest absolute Gasteiger partial charge is 0.285 e. The van der Waals surface area contributed by atoms with E-state index in [9.17, 15) is 9.59 Å². The molecule has 0 aliphatic carbocycles. The number of likely N-dealkylation sites (N-methyl/N-ethyl adjacent to an activating group) is 1. The van der Waals surface area contributed by atoms with Crippen LogP contribution in [0.25, 0.3) is 0 Å². The van der Waals surface area contributed by atoms with E-state index in [1.807, 2.05) is 0 Å². The number of hydrogen-bond donors (Lipinski definition) is 0. The van der Waals surface area contributed by atoms with E-state index in [1.165, 1.54) is 4.42 Å². The number of halogens is 1. The highest BCUT2D eigenvalue weighted by molar-refractivity contribution is 6.20. The first-order valence-electron chi connectivity index (χ1n) is 5.09. The summed E-state index contributed by atoms with van der Waals surface area (Å²) in [6.07, 6.45) is 0. The van der Waals surface area contributed by atoms with Crippen LogP contribution in [0.15, 0.2) is 24.3 Å². The first-order valence-corrected chi connectivity index (χ1v) is 5.42. The van der Waals surface area contributed by atoms with Crippen molar-refractivity contribution in [3.05, 3.63) is 35.4 Å². The molecule has 1 aromatic carbocycles. The molecule has 17 heavy (non-hydrogen) atoms. The maximum absolute atomic E-state index is 11.8. The van der Waals surface area contributed by atoms with Crippen molar-refractivity contribution in [3.63, 3.8) is 0 Å². The van der Waals surface area contributed by atoms with Crippen molar-refractivity contribution < 1.29 is 14.4 Å². The fraction of sp³-hybridized carbons (Fsp3) is 0.273. The topological polar surface area (TPSA) is 49.9 Å². The summed E-state index contributed by atoms with van der Waals surface area (Å²) in [5.74, 6) is -0.856. The molecule has 0 saturated carbocycles. The third-order valence-corrected chi connectivity index (χ3v) is 2.55. The fourth-order valence-corrected chi connectivity index (χ4v) is 1.61. The summed E-state index contributed by atoms with van der Waals surface area (Å²) < 4.78 is 1.39. The fourth-order valence-electron chi connectivity index (χ4n) is 1.54. The van der Waals surface area contributed by atoms with E-state index in [4.69, 9.17) is 16.6 Å². The molecule has 1 aromatic rings. The minimum atomic E-state index is -0.428. The van der Waals surface area contributed by atoms with Crippen molar-refractivity contribution in [2.24, 2.45) is 0 Å². The van der Waals surface area contributed by atoms with E-state index in [2.05, 4.69) is 0 Å². The second kappa shape index (κ2) is 4.83. The van der Waals surface area contributed by atoms with Gasteiger partial charge in [-0.25, -0.2) is 4.42 Å². The number of carbonyl (C=O) groups excluding carboxylic acids is 2. The van der Waals surface area contributed by atoms with Crippen LogP contribution in [-0.2, 0) is 4.84 Å². The molecule has 1 aliphatic heterocycles. The Morgan fingerprint density at radius 2 is 1.76 bits per heavy atom. The molecule has 90 valence electrons. The molecule has 0 saturated heterocycles. The van der Waals surface area contributed by atoms with Crippen molar-refractivity contribution in [1.29, 1.82) is 0 Å². The minimum Gasteiger partial charge on any atom is -0.266 e. The highest BCUT2D eigenvalue weighted by atomic mass is 35.5. The van der Waals surface area contributed by atoms with Gasteiger partial charge in [-0.05, 0) is 23.9 Å². The van der Waals surface area contributed by atoms with Crippen LogP contribution in [0.4, 0.5) is 0 Å². The van der Waals surface area contributed by atoms with Gasteiger partial charge in [-0.1, -0.05) is 12.1 Å². The Labute approximate surface area is 104 Å². The van der Waals surface area contributed by atoms with Crippen LogP contribution in [0, 0.1) is 0 Å². The lowest BCUT2D eigenvalue weighted by Crippen LogP contribution is -2.32. The lowest BCUT2D eigenvalue weighted by Gasteiger charge is -2.14. The van der Waals surface area contributed by atoms with E-state index in [-0.39, 0.29) is 6.61 Å². The van der Waals surface area contributed by atoms with Gasteiger partial charge in [0.2, 0.25) is 0 Å². The summed E-state index contributed by atoms with van der Waals surface area (Å²) in [5, 5.41) is 0.783. The number of amides is 2. The monoisotopic (exact) mass is 254 g/mol. The van der Waals surface area contributed by atoms with E-state index < -0.39 is 11.8 Å². The van der Waals surface area contributed by atoms with Crippen molar-refractivity contribution in [2.45, 2.75) is 0 Å². The summed E-state index contributed by atoms with van der Waals surface area (Å²) in [6.45, 7) is 0.584. The SMILES string of the molecule is CN(Cl)CCON1C(=O)c2ccccc2C1=O. The zero-order valence-electron chi connectivity index (χ0n) is 9.22. The van der Waals surface area contributed by atoms with Crippen LogP contribution in [0.5, 0.6) is 0 Å². The number of hydrogen-bond acceptors (Lipinski definition) is 4. The van der Waals surface area contributed by atoms with Crippen LogP contribution in [0.1, 0.15) is 20.7 Å². The predicted molar refractivity (Wildman–Crippen MR) is 61.4 cm³/mol. The highest BCUT2D eigenvalue weighted by Crippen LogP contribution is 2.22. The number of benzene rings is 1. The molecule has 0 unspecified atom stereocenters.